The molecule has 3 nitrogen and oxygen atoms in total. The summed E-state index contributed by atoms with van der Waals surface area (Å²) in [4.78, 5) is 0. The van der Waals surface area contributed by atoms with Crippen molar-refractivity contribution in [2.45, 2.75) is 13.0 Å². The van der Waals surface area contributed by atoms with Crippen molar-refractivity contribution in [3.8, 4) is 0 Å². The van der Waals surface area contributed by atoms with E-state index < -0.39 is 0 Å². The molecular formula is C7H12ClN3. The van der Waals surface area contributed by atoms with Crippen LogP contribution in [0.4, 0.5) is 0 Å². The Hall–Kier alpha value is -0.540. The predicted octanol–water partition coefficient (Wildman–Crippen LogP) is 1.32. The zero-order valence-electron chi connectivity index (χ0n) is 6.71. The molecule has 0 aliphatic rings. The first-order valence-corrected chi connectivity index (χ1v) is 3.97. The van der Waals surface area contributed by atoms with Gasteiger partial charge in [-0.05, 0) is 20.0 Å². The third kappa shape index (κ3) is 1.94. The molecule has 11 heavy (non-hydrogen) atoms. The minimum Gasteiger partial charge on any atom is -0.318 e. The first-order chi connectivity index (χ1) is 5.25. The van der Waals surface area contributed by atoms with Gasteiger partial charge in [0.15, 0.2) is 0 Å². The van der Waals surface area contributed by atoms with Crippen LogP contribution in [0.1, 0.15) is 13.0 Å². The van der Waals surface area contributed by atoms with Crippen LogP contribution in [-0.2, 0) is 0 Å². The summed E-state index contributed by atoms with van der Waals surface area (Å²) in [6.45, 7) is 2.94. The molecule has 0 aliphatic carbocycles. The molecule has 1 heterocycles. The van der Waals surface area contributed by atoms with Crippen molar-refractivity contribution in [3.63, 3.8) is 0 Å². The van der Waals surface area contributed by atoms with Crippen molar-refractivity contribution < 1.29 is 0 Å². The minimum atomic E-state index is 0.308. The van der Waals surface area contributed by atoms with Crippen LogP contribution in [0.3, 0.4) is 0 Å². The summed E-state index contributed by atoms with van der Waals surface area (Å²) in [5, 5.41) is 7.83. The summed E-state index contributed by atoms with van der Waals surface area (Å²) >= 11 is 5.84. The Morgan fingerprint density at radius 3 is 3.00 bits per heavy atom. The number of aromatic nitrogens is 2. The van der Waals surface area contributed by atoms with E-state index in [-0.39, 0.29) is 0 Å². The van der Waals surface area contributed by atoms with Crippen molar-refractivity contribution in [1.29, 1.82) is 0 Å². The highest BCUT2D eigenvalue weighted by molar-refractivity contribution is 6.29. The molecule has 0 saturated carbocycles. The summed E-state index contributed by atoms with van der Waals surface area (Å²) in [5.41, 5.74) is 0. The van der Waals surface area contributed by atoms with Gasteiger partial charge in [-0.25, -0.2) is 4.68 Å². The van der Waals surface area contributed by atoms with E-state index in [1.54, 1.807) is 16.9 Å². The molecule has 4 heteroatoms. The number of likely N-dealkylation sites (N-methyl/N-ethyl adjacent to an activating group) is 1. The first-order valence-electron chi connectivity index (χ1n) is 3.59. The number of hydrogen-bond donors (Lipinski definition) is 1. The van der Waals surface area contributed by atoms with E-state index in [0.717, 1.165) is 6.54 Å². The van der Waals surface area contributed by atoms with Crippen LogP contribution < -0.4 is 5.32 Å². The molecule has 0 aromatic carbocycles. The van der Waals surface area contributed by atoms with Crippen LogP contribution >= 0.6 is 11.6 Å². The van der Waals surface area contributed by atoms with Gasteiger partial charge in [-0.1, -0.05) is 11.6 Å². The average molecular weight is 174 g/mol. The largest absolute Gasteiger partial charge is 0.318 e. The molecule has 0 amide bonds. The topological polar surface area (TPSA) is 29.9 Å². The quantitative estimate of drug-likeness (QED) is 0.747. The zero-order chi connectivity index (χ0) is 8.27. The zero-order valence-corrected chi connectivity index (χ0v) is 7.47. The van der Waals surface area contributed by atoms with Gasteiger partial charge in [-0.3, -0.25) is 0 Å². The van der Waals surface area contributed by atoms with Crippen LogP contribution in [0.15, 0.2) is 12.3 Å². The van der Waals surface area contributed by atoms with E-state index >= 15 is 0 Å². The van der Waals surface area contributed by atoms with Crippen LogP contribution in [0.25, 0.3) is 0 Å². The second-order valence-corrected chi connectivity index (χ2v) is 2.89. The van der Waals surface area contributed by atoms with Gasteiger partial charge in [0.25, 0.3) is 0 Å². The van der Waals surface area contributed by atoms with Gasteiger partial charge in [0, 0.05) is 6.54 Å². The van der Waals surface area contributed by atoms with Gasteiger partial charge in [0.1, 0.15) is 5.15 Å². The summed E-state index contributed by atoms with van der Waals surface area (Å²) in [6, 6.07) is 2.09. The highest BCUT2D eigenvalue weighted by Crippen LogP contribution is 2.12. The van der Waals surface area contributed by atoms with Crippen molar-refractivity contribution in [2.24, 2.45) is 0 Å². The lowest BCUT2D eigenvalue weighted by Crippen LogP contribution is -2.20. The lowest BCUT2D eigenvalue weighted by molar-refractivity contribution is 0.472. The molecular weight excluding hydrogens is 162 g/mol. The molecule has 0 saturated heterocycles. The second kappa shape index (κ2) is 3.74. The van der Waals surface area contributed by atoms with E-state index in [2.05, 4.69) is 17.3 Å². The monoisotopic (exact) mass is 173 g/mol. The fourth-order valence-electron chi connectivity index (χ4n) is 1.00. The SMILES string of the molecule is CNCC(C)n1nccc1Cl. The Bertz CT molecular complexity index is 221. The number of rotatable bonds is 3. The highest BCUT2D eigenvalue weighted by Gasteiger charge is 2.06. The maximum absolute atomic E-state index is 5.84. The van der Waals surface area contributed by atoms with Gasteiger partial charge in [0.2, 0.25) is 0 Å². The molecule has 1 N–H and O–H groups in total. The van der Waals surface area contributed by atoms with E-state index in [9.17, 15) is 0 Å². The summed E-state index contributed by atoms with van der Waals surface area (Å²) in [7, 11) is 1.91. The molecule has 62 valence electrons. The number of hydrogen-bond acceptors (Lipinski definition) is 2. The van der Waals surface area contributed by atoms with Crippen molar-refractivity contribution >= 4 is 11.6 Å². The Kier molecular flexibility index (Phi) is 2.91. The Morgan fingerprint density at radius 2 is 2.55 bits per heavy atom. The van der Waals surface area contributed by atoms with Gasteiger partial charge in [-0.2, -0.15) is 5.10 Å². The van der Waals surface area contributed by atoms with Gasteiger partial charge >= 0.3 is 0 Å². The van der Waals surface area contributed by atoms with Crippen LogP contribution in [0, 0.1) is 0 Å². The van der Waals surface area contributed by atoms with Gasteiger partial charge < -0.3 is 5.32 Å². The third-order valence-corrected chi connectivity index (χ3v) is 1.84. The van der Waals surface area contributed by atoms with E-state index in [1.165, 1.54) is 0 Å². The fourth-order valence-corrected chi connectivity index (χ4v) is 1.27. The van der Waals surface area contributed by atoms with Crippen molar-refractivity contribution in [2.75, 3.05) is 13.6 Å². The van der Waals surface area contributed by atoms with Gasteiger partial charge in [0.05, 0.1) is 12.2 Å². The Morgan fingerprint density at radius 1 is 1.82 bits per heavy atom. The highest BCUT2D eigenvalue weighted by atomic mass is 35.5. The average Bonchev–Trinajstić information content (AvgIpc) is 2.36. The lowest BCUT2D eigenvalue weighted by atomic mass is 10.3. The van der Waals surface area contributed by atoms with Crippen LogP contribution in [0.5, 0.6) is 0 Å². The maximum Gasteiger partial charge on any atom is 0.127 e. The molecule has 0 radical (unpaired) electrons. The minimum absolute atomic E-state index is 0.308. The van der Waals surface area contributed by atoms with Gasteiger partial charge in [-0.15, -0.1) is 0 Å². The fraction of sp³-hybridized carbons (Fsp3) is 0.571. The van der Waals surface area contributed by atoms with Crippen LogP contribution in [-0.4, -0.2) is 23.4 Å². The van der Waals surface area contributed by atoms with E-state index in [4.69, 9.17) is 11.6 Å². The van der Waals surface area contributed by atoms with Crippen molar-refractivity contribution in [1.82, 2.24) is 15.1 Å². The molecule has 1 unspecified atom stereocenters. The molecule has 0 aliphatic heterocycles. The molecule has 1 rings (SSSR count). The first kappa shape index (κ1) is 8.56. The smallest absolute Gasteiger partial charge is 0.127 e. The summed E-state index contributed by atoms with van der Waals surface area (Å²) < 4.78 is 1.79. The number of nitrogens with one attached hydrogen (secondary N) is 1. The molecule has 0 spiro atoms. The lowest BCUT2D eigenvalue weighted by Gasteiger charge is -2.11. The molecule has 0 fully saturated rings. The second-order valence-electron chi connectivity index (χ2n) is 2.51. The Labute approximate surface area is 71.4 Å². The molecule has 0 bridgehead atoms. The van der Waals surface area contributed by atoms with Crippen LogP contribution in [0.2, 0.25) is 5.15 Å². The molecule has 1 aromatic heterocycles. The predicted molar refractivity (Wildman–Crippen MR) is 45.9 cm³/mol. The normalized spacial score (nSPS) is 13.4. The summed E-state index contributed by atoms with van der Waals surface area (Å²) in [6.07, 6.45) is 1.70. The number of nitrogens with zero attached hydrogens (tertiary/aromatic N) is 2. The molecule has 1 atom stereocenters. The maximum atomic E-state index is 5.84. The van der Waals surface area contributed by atoms with E-state index in [1.807, 2.05) is 7.05 Å². The third-order valence-electron chi connectivity index (χ3n) is 1.54. The standard InChI is InChI=1S/C7H12ClN3/c1-6(5-9-2)11-7(8)3-4-10-11/h3-4,6,9H,5H2,1-2H3. The Balaban J connectivity index is 2.67. The summed E-state index contributed by atoms with van der Waals surface area (Å²) in [5.74, 6) is 0. The van der Waals surface area contributed by atoms with Crippen molar-refractivity contribution in [3.05, 3.63) is 17.4 Å². The molecule has 1 aromatic rings. The van der Waals surface area contributed by atoms with E-state index in [0.29, 0.717) is 11.2 Å². The number of halogens is 1.